The molecule has 5 nitrogen and oxygen atoms in total. The van der Waals surface area contributed by atoms with Crippen LogP contribution in [0.15, 0.2) is 30.3 Å². The van der Waals surface area contributed by atoms with Crippen molar-refractivity contribution < 1.29 is 15.3 Å². The average Bonchev–Trinajstić information content (AvgIpc) is 2.40. The van der Waals surface area contributed by atoms with Gasteiger partial charge in [-0.2, -0.15) is 0 Å². The van der Waals surface area contributed by atoms with E-state index in [4.69, 9.17) is 10.2 Å². The fraction of sp³-hybridized carbons (Fsp3) is 0.357. The van der Waals surface area contributed by atoms with Crippen LogP contribution in [-0.2, 0) is 6.54 Å². The topological polar surface area (TPSA) is 76.8 Å². The molecule has 0 atom stereocenters. The second-order valence-electron chi connectivity index (χ2n) is 4.37. The SMILES string of the molecule is OCCN(CCO)Cc1nc2ccccc2cc1O. The van der Waals surface area contributed by atoms with Crippen LogP contribution in [-0.4, -0.2) is 51.5 Å². The molecule has 0 spiro atoms. The third kappa shape index (κ3) is 3.41. The minimum Gasteiger partial charge on any atom is -0.506 e. The van der Waals surface area contributed by atoms with Crippen LogP contribution in [0.25, 0.3) is 10.9 Å². The number of benzene rings is 1. The smallest absolute Gasteiger partial charge is 0.139 e. The standard InChI is InChI=1S/C14H18N2O3/c17-7-5-16(6-8-18)10-13-14(19)9-11-3-1-2-4-12(11)15-13/h1-4,9,17-19H,5-8,10H2. The van der Waals surface area contributed by atoms with Gasteiger partial charge in [-0.05, 0) is 12.1 Å². The zero-order valence-electron chi connectivity index (χ0n) is 10.7. The van der Waals surface area contributed by atoms with Gasteiger partial charge in [0.1, 0.15) is 5.75 Å². The number of nitrogens with zero attached hydrogens (tertiary/aromatic N) is 2. The maximum Gasteiger partial charge on any atom is 0.139 e. The summed E-state index contributed by atoms with van der Waals surface area (Å²) in [4.78, 5) is 6.27. The molecule has 0 amide bonds. The second kappa shape index (κ2) is 6.47. The van der Waals surface area contributed by atoms with Crippen molar-refractivity contribution in [1.29, 1.82) is 0 Å². The quantitative estimate of drug-likeness (QED) is 0.715. The molecule has 0 saturated carbocycles. The van der Waals surface area contributed by atoms with Crippen LogP contribution in [0, 0.1) is 0 Å². The first-order chi connectivity index (χ1) is 9.24. The van der Waals surface area contributed by atoms with Gasteiger partial charge in [0.25, 0.3) is 0 Å². The number of rotatable bonds is 6. The Labute approximate surface area is 111 Å². The van der Waals surface area contributed by atoms with E-state index in [2.05, 4.69) is 4.98 Å². The lowest BCUT2D eigenvalue weighted by molar-refractivity contribution is 0.153. The highest BCUT2D eigenvalue weighted by molar-refractivity contribution is 5.80. The first-order valence-corrected chi connectivity index (χ1v) is 6.26. The Hall–Kier alpha value is -1.69. The van der Waals surface area contributed by atoms with Crippen LogP contribution >= 0.6 is 0 Å². The summed E-state index contributed by atoms with van der Waals surface area (Å²) in [6, 6.07) is 9.27. The Bertz CT molecular complexity index is 539. The van der Waals surface area contributed by atoms with Crippen molar-refractivity contribution in [2.24, 2.45) is 0 Å². The molecule has 2 aromatic rings. The van der Waals surface area contributed by atoms with Gasteiger partial charge >= 0.3 is 0 Å². The van der Waals surface area contributed by atoms with Gasteiger partial charge in [-0.15, -0.1) is 0 Å². The highest BCUT2D eigenvalue weighted by Crippen LogP contribution is 2.22. The Morgan fingerprint density at radius 2 is 1.74 bits per heavy atom. The number of aliphatic hydroxyl groups excluding tert-OH is 2. The highest BCUT2D eigenvalue weighted by atomic mass is 16.3. The van der Waals surface area contributed by atoms with Crippen LogP contribution in [0.1, 0.15) is 5.69 Å². The summed E-state index contributed by atoms with van der Waals surface area (Å²) in [6.07, 6.45) is 0. The van der Waals surface area contributed by atoms with Gasteiger partial charge in [-0.1, -0.05) is 18.2 Å². The molecule has 0 aliphatic carbocycles. The van der Waals surface area contributed by atoms with Gasteiger partial charge < -0.3 is 15.3 Å². The Morgan fingerprint density at radius 3 is 2.42 bits per heavy atom. The normalized spacial score (nSPS) is 11.3. The summed E-state index contributed by atoms with van der Waals surface area (Å²) in [5.74, 6) is 0.138. The number of hydrogen-bond acceptors (Lipinski definition) is 5. The summed E-state index contributed by atoms with van der Waals surface area (Å²) in [5.41, 5.74) is 1.38. The molecule has 0 aliphatic heterocycles. The number of aliphatic hydroxyl groups is 2. The molecule has 0 bridgehead atoms. The van der Waals surface area contributed by atoms with E-state index < -0.39 is 0 Å². The lowest BCUT2D eigenvalue weighted by Gasteiger charge is -2.20. The molecule has 0 unspecified atom stereocenters. The Kier molecular flexibility index (Phi) is 4.68. The van der Waals surface area contributed by atoms with Gasteiger partial charge in [0.15, 0.2) is 0 Å². The summed E-state index contributed by atoms with van der Waals surface area (Å²) in [6.45, 7) is 1.30. The first-order valence-electron chi connectivity index (χ1n) is 6.26. The number of hydrogen-bond donors (Lipinski definition) is 3. The first kappa shape index (κ1) is 13.7. The summed E-state index contributed by atoms with van der Waals surface area (Å²) < 4.78 is 0. The largest absolute Gasteiger partial charge is 0.506 e. The molecule has 2 rings (SSSR count). The van der Waals surface area contributed by atoms with Crippen molar-refractivity contribution in [2.45, 2.75) is 6.54 Å². The van der Waals surface area contributed by atoms with Crippen molar-refractivity contribution in [2.75, 3.05) is 26.3 Å². The highest BCUT2D eigenvalue weighted by Gasteiger charge is 2.11. The molecule has 0 fully saturated rings. The number of fused-ring (bicyclic) bond motifs is 1. The lowest BCUT2D eigenvalue weighted by Crippen LogP contribution is -2.29. The minimum atomic E-state index is 0.00828. The van der Waals surface area contributed by atoms with Crippen LogP contribution in [0.5, 0.6) is 5.75 Å². The predicted molar refractivity (Wildman–Crippen MR) is 72.9 cm³/mol. The van der Waals surface area contributed by atoms with E-state index in [0.29, 0.717) is 25.3 Å². The van der Waals surface area contributed by atoms with Crippen molar-refractivity contribution in [3.8, 4) is 5.75 Å². The lowest BCUT2D eigenvalue weighted by atomic mass is 10.2. The monoisotopic (exact) mass is 262 g/mol. The van der Waals surface area contributed by atoms with Gasteiger partial charge in [0.05, 0.1) is 24.4 Å². The number of pyridine rings is 1. The van der Waals surface area contributed by atoms with Crippen molar-refractivity contribution in [1.82, 2.24) is 9.88 Å². The molecule has 5 heteroatoms. The van der Waals surface area contributed by atoms with Crippen LogP contribution < -0.4 is 0 Å². The molecule has 1 heterocycles. The molecule has 0 saturated heterocycles. The van der Waals surface area contributed by atoms with E-state index in [-0.39, 0.29) is 19.0 Å². The number of aromatic nitrogens is 1. The Morgan fingerprint density at radius 1 is 1.05 bits per heavy atom. The fourth-order valence-electron chi connectivity index (χ4n) is 2.03. The third-order valence-corrected chi connectivity index (χ3v) is 2.99. The van der Waals surface area contributed by atoms with E-state index >= 15 is 0 Å². The van der Waals surface area contributed by atoms with E-state index in [9.17, 15) is 5.11 Å². The van der Waals surface area contributed by atoms with E-state index in [1.54, 1.807) is 6.07 Å². The third-order valence-electron chi connectivity index (χ3n) is 2.99. The minimum absolute atomic E-state index is 0.00828. The molecule has 1 aromatic heterocycles. The molecule has 1 aromatic carbocycles. The van der Waals surface area contributed by atoms with E-state index in [1.807, 2.05) is 29.2 Å². The summed E-state index contributed by atoms with van der Waals surface area (Å²) in [5, 5.41) is 28.8. The predicted octanol–water partition coefficient (Wildman–Crippen LogP) is 0.727. The summed E-state index contributed by atoms with van der Waals surface area (Å²) in [7, 11) is 0. The van der Waals surface area contributed by atoms with E-state index in [0.717, 1.165) is 10.9 Å². The van der Waals surface area contributed by atoms with Gasteiger partial charge in [-0.25, -0.2) is 4.98 Å². The number of aromatic hydroxyl groups is 1. The fourth-order valence-corrected chi connectivity index (χ4v) is 2.03. The molecule has 0 radical (unpaired) electrons. The van der Waals surface area contributed by atoms with Gasteiger partial charge in [0, 0.05) is 25.0 Å². The van der Waals surface area contributed by atoms with Crippen molar-refractivity contribution in [3.05, 3.63) is 36.0 Å². The zero-order valence-corrected chi connectivity index (χ0v) is 10.7. The van der Waals surface area contributed by atoms with Gasteiger partial charge in [-0.3, -0.25) is 4.90 Å². The van der Waals surface area contributed by atoms with Crippen molar-refractivity contribution >= 4 is 10.9 Å². The summed E-state index contributed by atoms with van der Waals surface area (Å²) >= 11 is 0. The van der Waals surface area contributed by atoms with Gasteiger partial charge in [0.2, 0.25) is 0 Å². The maximum atomic E-state index is 9.98. The molecular weight excluding hydrogens is 244 g/mol. The van der Waals surface area contributed by atoms with Crippen LogP contribution in [0.2, 0.25) is 0 Å². The molecule has 19 heavy (non-hydrogen) atoms. The molecular formula is C14H18N2O3. The molecule has 3 N–H and O–H groups in total. The maximum absolute atomic E-state index is 9.98. The van der Waals surface area contributed by atoms with E-state index in [1.165, 1.54) is 0 Å². The van der Waals surface area contributed by atoms with Crippen molar-refractivity contribution in [3.63, 3.8) is 0 Å². The average molecular weight is 262 g/mol. The molecule has 0 aliphatic rings. The molecule has 102 valence electrons. The zero-order chi connectivity index (χ0) is 13.7. The van der Waals surface area contributed by atoms with Crippen LogP contribution in [0.3, 0.4) is 0 Å². The second-order valence-corrected chi connectivity index (χ2v) is 4.37. The Balaban J connectivity index is 2.25. The van der Waals surface area contributed by atoms with Crippen LogP contribution in [0.4, 0.5) is 0 Å². The number of para-hydroxylation sites is 1.